The number of hydrogen-bond acceptors (Lipinski definition) is 11. The number of unbranched alkanes of at least 4 members (excludes halogenated alkanes) is 1. The van der Waals surface area contributed by atoms with Crippen molar-refractivity contribution in [1.82, 2.24) is 15.0 Å². The minimum Gasteiger partial charge on any atom is -0.356 e. The molecule has 0 bridgehead atoms. The van der Waals surface area contributed by atoms with E-state index in [-0.39, 0.29) is 23.9 Å². The van der Waals surface area contributed by atoms with E-state index in [2.05, 4.69) is 15.0 Å². The number of aromatic nitrogens is 2. The number of nitrogens with zero attached hydrogens (tertiary/aromatic N) is 3. The Labute approximate surface area is 342 Å². The van der Waals surface area contributed by atoms with Gasteiger partial charge in [-0.3, -0.25) is 13.9 Å². The first-order chi connectivity index (χ1) is 27.0. The molecule has 0 unspecified atom stereocenters. The highest BCUT2D eigenvalue weighted by atomic mass is 33.1. The second-order valence-corrected chi connectivity index (χ2v) is 19.5. The van der Waals surface area contributed by atoms with Crippen LogP contribution in [0.25, 0.3) is 27.4 Å². The summed E-state index contributed by atoms with van der Waals surface area (Å²) in [5.41, 5.74) is 2.97. The summed E-state index contributed by atoms with van der Waals surface area (Å²) in [7, 11) is -5.77. The Morgan fingerprint density at radius 2 is 1.80 bits per heavy atom. The molecule has 1 aliphatic rings. The van der Waals surface area contributed by atoms with Crippen molar-refractivity contribution in [3.05, 3.63) is 113 Å². The lowest BCUT2D eigenvalue weighted by molar-refractivity contribution is -0.673. The van der Waals surface area contributed by atoms with Gasteiger partial charge in [0.05, 0.1) is 16.1 Å². The van der Waals surface area contributed by atoms with Crippen LogP contribution in [0.4, 0.5) is 5.69 Å². The van der Waals surface area contributed by atoms with Gasteiger partial charge >= 0.3 is 20.4 Å². The monoisotopic (exact) mass is 870 g/mol. The van der Waals surface area contributed by atoms with Gasteiger partial charge in [-0.25, -0.2) is 4.98 Å². The maximum absolute atomic E-state index is 12.8. The number of fused-ring (bicyclic) bond motifs is 2. The van der Waals surface area contributed by atoms with E-state index in [0.717, 1.165) is 48.8 Å². The Morgan fingerprint density at radius 1 is 0.964 bits per heavy atom. The molecule has 0 saturated carbocycles. The summed E-state index contributed by atoms with van der Waals surface area (Å²) >= 11 is 3.08. The van der Waals surface area contributed by atoms with Gasteiger partial charge in [0.15, 0.2) is 11.1 Å². The molecule has 4 N–H and O–H groups in total. The average molecular weight is 871 g/mol. The van der Waals surface area contributed by atoms with E-state index in [1.54, 1.807) is 69.5 Å². The molecule has 5 aromatic rings. The Bertz CT molecular complexity index is 2430. The number of allylic oxidation sites excluding steroid dienone is 2. The summed E-state index contributed by atoms with van der Waals surface area (Å²) in [4.78, 5) is 20.4. The molecule has 294 valence electrons. The zero-order valence-corrected chi connectivity index (χ0v) is 34.9. The lowest BCUT2D eigenvalue weighted by atomic mass is 10.1. The fourth-order valence-corrected chi connectivity index (χ4v) is 10.8. The molecule has 0 saturated heterocycles. The van der Waals surface area contributed by atoms with Crippen LogP contribution in [-0.4, -0.2) is 62.2 Å². The van der Waals surface area contributed by atoms with Crippen LogP contribution in [0.5, 0.6) is 0 Å². The fraction of sp³-hybridized carbons (Fsp3) is 0.237. The Kier molecular flexibility index (Phi) is 14.7. The molecule has 56 heavy (non-hydrogen) atoms. The zero-order chi connectivity index (χ0) is 39.5. The topological polar surface area (TPSA) is 170 Å². The third-order valence-electron chi connectivity index (χ3n) is 8.54. The Morgan fingerprint density at radius 3 is 2.57 bits per heavy atom. The summed E-state index contributed by atoms with van der Waals surface area (Å²) in [6.07, 6.45) is 10.9. The minimum absolute atomic E-state index is 0.00721. The quantitative estimate of drug-likeness (QED) is 0.0280. The maximum atomic E-state index is 12.8. The van der Waals surface area contributed by atoms with E-state index in [0.29, 0.717) is 43.3 Å². The number of nitrogens with one attached hydrogen (secondary N) is 2. The van der Waals surface area contributed by atoms with Crippen molar-refractivity contribution >= 4 is 93.7 Å². The number of carbonyl (C=O) groups is 1. The lowest BCUT2D eigenvalue weighted by Crippen LogP contribution is -2.36. The van der Waals surface area contributed by atoms with E-state index in [1.807, 2.05) is 75.5 Å². The second kappa shape index (κ2) is 19.6. The number of benzene rings is 2. The second-order valence-electron chi connectivity index (χ2n) is 12.5. The highest BCUT2D eigenvalue weighted by Gasteiger charge is 2.27. The molecule has 1 aliphatic heterocycles. The van der Waals surface area contributed by atoms with Crippen LogP contribution in [0.1, 0.15) is 31.2 Å². The molecule has 18 heteroatoms. The average Bonchev–Trinajstić information content (AvgIpc) is 3.83. The first-order valence-corrected chi connectivity index (χ1v) is 24.5. The van der Waals surface area contributed by atoms with Crippen molar-refractivity contribution in [2.75, 3.05) is 30.3 Å². The SMILES string of the molecule is O=C(CCCSSc1ccccn1)NCCCC[n+]1cc(S(=O)(=O)O)c(C=CC=C2Sc3ccc(-c4cccs4)cc3N2CCNS(=O)(=O)O)c2ccccc21. The number of amides is 1. The van der Waals surface area contributed by atoms with Gasteiger partial charge < -0.3 is 10.2 Å². The van der Waals surface area contributed by atoms with E-state index in [4.69, 9.17) is 0 Å². The zero-order valence-electron chi connectivity index (χ0n) is 30.0. The highest BCUT2D eigenvalue weighted by molar-refractivity contribution is 8.76. The molecular weight excluding hydrogens is 831 g/mol. The molecule has 12 nitrogen and oxygen atoms in total. The molecule has 4 heterocycles. The summed E-state index contributed by atoms with van der Waals surface area (Å²) in [6.45, 7) is 1.11. The number of thioether (sulfide) groups is 1. The largest absolute Gasteiger partial charge is 0.356 e. The van der Waals surface area contributed by atoms with E-state index in [9.17, 15) is 30.7 Å². The van der Waals surface area contributed by atoms with Crippen LogP contribution in [0.2, 0.25) is 0 Å². The predicted octanol–water partition coefficient (Wildman–Crippen LogP) is 7.47. The number of carbonyl (C=O) groups excluding carboxylic acids is 1. The first-order valence-electron chi connectivity index (χ1n) is 17.6. The fourth-order valence-electron chi connectivity index (χ4n) is 6.01. The molecular formula is C38H40N5O7S6+. The standard InChI is InChI=1S/C38H39N5O7S6/c44-36(14-9-25-52-54-37-15-3-4-20-40-37)39-19-5-6-22-42-27-35(55(45,46)47)30(29-10-1-2-12-31(29)42)11-7-16-38-43(23-21-41-56(48,49)50)32-26-28(17-18-34(32)53-38)33-13-8-24-51-33/h1-4,7-8,10-13,15-18,20,24,26-27,41H,5-6,9,14,19,21-23,25H2,(H2-,39,44,45,46,47,48,49,50)/p+1. The minimum atomic E-state index is -4.64. The lowest BCUT2D eigenvalue weighted by Gasteiger charge is -2.20. The normalized spacial score (nSPS) is 13.9. The molecule has 0 atom stereocenters. The van der Waals surface area contributed by atoms with Crippen LogP contribution in [-0.2, 0) is 31.8 Å². The summed E-state index contributed by atoms with van der Waals surface area (Å²) < 4.78 is 72.0. The third-order valence-corrected chi connectivity index (χ3v) is 14.4. The van der Waals surface area contributed by atoms with Crippen LogP contribution in [0, 0.1) is 0 Å². The number of hydrogen-bond donors (Lipinski definition) is 4. The summed E-state index contributed by atoms with van der Waals surface area (Å²) in [6, 6.07) is 23.2. The van der Waals surface area contributed by atoms with Crippen LogP contribution >= 0.6 is 44.7 Å². The van der Waals surface area contributed by atoms with Gasteiger partial charge in [0.25, 0.3) is 0 Å². The Hall–Kier alpha value is -3.72. The molecule has 1 amide bonds. The Balaban J connectivity index is 1.13. The van der Waals surface area contributed by atoms with Crippen molar-refractivity contribution in [3.63, 3.8) is 0 Å². The molecule has 6 rings (SSSR count). The first kappa shape index (κ1) is 41.9. The van der Waals surface area contributed by atoms with E-state index >= 15 is 0 Å². The third kappa shape index (κ3) is 11.7. The molecule has 3 aromatic heterocycles. The van der Waals surface area contributed by atoms with Gasteiger partial charge in [-0.15, -0.1) is 11.3 Å². The van der Waals surface area contributed by atoms with Crippen molar-refractivity contribution in [3.8, 4) is 10.4 Å². The van der Waals surface area contributed by atoms with Gasteiger partial charge in [0.2, 0.25) is 11.4 Å². The number of thiophene rings is 1. The van der Waals surface area contributed by atoms with Crippen LogP contribution < -0.4 is 19.5 Å². The molecule has 0 spiro atoms. The number of rotatable bonds is 19. The van der Waals surface area contributed by atoms with Gasteiger partial charge in [0.1, 0.15) is 11.6 Å². The summed E-state index contributed by atoms with van der Waals surface area (Å²) in [5.74, 6) is 0.823. The maximum Gasteiger partial charge on any atom is 0.333 e. The smallest absolute Gasteiger partial charge is 0.333 e. The van der Waals surface area contributed by atoms with Gasteiger partial charge in [-0.1, -0.05) is 65.0 Å². The molecule has 0 radical (unpaired) electrons. The number of para-hydroxylation sites is 1. The van der Waals surface area contributed by atoms with Crippen molar-refractivity contribution in [1.29, 1.82) is 0 Å². The van der Waals surface area contributed by atoms with Crippen molar-refractivity contribution < 1.29 is 35.3 Å². The van der Waals surface area contributed by atoms with Gasteiger partial charge in [-0.05, 0) is 77.1 Å². The van der Waals surface area contributed by atoms with Gasteiger partial charge in [0, 0.05) is 65.8 Å². The summed E-state index contributed by atoms with van der Waals surface area (Å²) in [5, 5.41) is 7.28. The molecule has 0 aliphatic carbocycles. The van der Waals surface area contributed by atoms with Crippen molar-refractivity contribution in [2.24, 2.45) is 0 Å². The highest BCUT2D eigenvalue weighted by Crippen LogP contribution is 2.47. The van der Waals surface area contributed by atoms with E-state index in [1.165, 1.54) is 18.0 Å². The van der Waals surface area contributed by atoms with Crippen LogP contribution in [0.15, 0.2) is 123 Å². The number of pyridine rings is 2. The number of anilines is 1. The predicted molar refractivity (Wildman–Crippen MR) is 228 cm³/mol. The van der Waals surface area contributed by atoms with Gasteiger partial charge in [-0.2, -0.15) is 26.1 Å². The van der Waals surface area contributed by atoms with E-state index < -0.39 is 20.4 Å². The van der Waals surface area contributed by atoms with Crippen molar-refractivity contribution in [2.45, 2.75) is 47.0 Å². The number of aryl methyl sites for hydroxylation is 1. The molecule has 0 fully saturated rings. The molecule has 2 aromatic carbocycles. The van der Waals surface area contributed by atoms with Crippen LogP contribution in [0.3, 0.4) is 0 Å².